The van der Waals surface area contributed by atoms with Crippen LogP contribution in [0, 0.1) is 0 Å². The van der Waals surface area contributed by atoms with Crippen molar-refractivity contribution in [1.29, 1.82) is 0 Å². The molecule has 0 aliphatic rings. The number of methoxy groups -OCH3 is 1. The second-order valence-electron chi connectivity index (χ2n) is 5.62. The summed E-state index contributed by atoms with van der Waals surface area (Å²) in [4.78, 5) is 12.1. The number of hydrogen-bond donors (Lipinski definition) is 2. The number of ether oxygens (including phenoxy) is 1. The minimum absolute atomic E-state index is 0.0346. The van der Waals surface area contributed by atoms with E-state index in [0.29, 0.717) is 5.56 Å². The molecule has 0 atom stereocenters. The maximum absolute atomic E-state index is 12.1. The van der Waals surface area contributed by atoms with Crippen molar-refractivity contribution in [1.82, 2.24) is 5.43 Å². The Balaban J connectivity index is 2.12. The lowest BCUT2D eigenvalue weighted by molar-refractivity contribution is -0.119. The highest BCUT2D eigenvalue weighted by molar-refractivity contribution is 7.92. The van der Waals surface area contributed by atoms with Gasteiger partial charge in [-0.25, -0.2) is 13.8 Å². The molecule has 0 fully saturated rings. The standard InChI is InChI=1S/C17H17Cl2N3O5S/c1-27-16-5-11(3-4-15(16)23)9-20-21-17(24)10-22(28(2,25)26)14-7-12(18)6-13(19)8-14/h3-9,23H,10H2,1-2H3,(H,21,24)/b20-9-. The van der Waals surface area contributed by atoms with E-state index in [1.807, 2.05) is 0 Å². The molecule has 0 saturated heterocycles. The number of phenolic OH excluding ortho intramolecular Hbond substituents is 1. The number of sulfonamides is 1. The lowest BCUT2D eigenvalue weighted by Crippen LogP contribution is -2.39. The fraction of sp³-hybridized carbons (Fsp3) is 0.176. The Hall–Kier alpha value is -2.49. The zero-order valence-corrected chi connectivity index (χ0v) is 17.2. The smallest absolute Gasteiger partial charge is 0.260 e. The third-order valence-corrected chi connectivity index (χ3v) is 5.01. The number of carbonyl (C=O) groups excluding carboxylic acids is 1. The van der Waals surface area contributed by atoms with Gasteiger partial charge in [0.2, 0.25) is 10.0 Å². The number of rotatable bonds is 7. The Morgan fingerprint density at radius 3 is 2.46 bits per heavy atom. The Kier molecular flexibility index (Phi) is 7.11. The van der Waals surface area contributed by atoms with Gasteiger partial charge in [-0.3, -0.25) is 9.10 Å². The van der Waals surface area contributed by atoms with Gasteiger partial charge in [-0.1, -0.05) is 23.2 Å². The molecule has 2 N–H and O–H groups in total. The number of phenols is 1. The highest BCUT2D eigenvalue weighted by atomic mass is 35.5. The van der Waals surface area contributed by atoms with Crippen LogP contribution in [-0.4, -0.2) is 45.6 Å². The van der Waals surface area contributed by atoms with Gasteiger partial charge in [0, 0.05) is 10.0 Å². The third-order valence-electron chi connectivity index (χ3n) is 3.43. The van der Waals surface area contributed by atoms with Gasteiger partial charge in [-0.15, -0.1) is 0 Å². The number of benzene rings is 2. The topological polar surface area (TPSA) is 108 Å². The number of nitrogens with one attached hydrogen (secondary N) is 1. The van der Waals surface area contributed by atoms with Crippen LogP contribution in [0.4, 0.5) is 5.69 Å². The van der Waals surface area contributed by atoms with Crippen molar-refractivity contribution < 1.29 is 23.1 Å². The normalized spacial score (nSPS) is 11.4. The Morgan fingerprint density at radius 1 is 1.25 bits per heavy atom. The Bertz CT molecular complexity index is 992. The van der Waals surface area contributed by atoms with Crippen LogP contribution in [0.3, 0.4) is 0 Å². The van der Waals surface area contributed by atoms with Gasteiger partial charge in [0.25, 0.3) is 5.91 Å². The predicted octanol–water partition coefficient (Wildman–Crippen LogP) is 2.62. The van der Waals surface area contributed by atoms with Gasteiger partial charge in [-0.2, -0.15) is 5.10 Å². The molecule has 11 heteroatoms. The van der Waals surface area contributed by atoms with Crippen LogP contribution in [0.1, 0.15) is 5.56 Å². The van der Waals surface area contributed by atoms with Crippen LogP contribution < -0.4 is 14.5 Å². The van der Waals surface area contributed by atoms with Crippen molar-refractivity contribution in [3.8, 4) is 11.5 Å². The molecular formula is C17H17Cl2N3O5S. The molecule has 2 aromatic rings. The van der Waals surface area contributed by atoms with Crippen molar-refractivity contribution in [2.45, 2.75) is 0 Å². The summed E-state index contributed by atoms with van der Waals surface area (Å²) >= 11 is 11.8. The van der Waals surface area contributed by atoms with Crippen LogP contribution in [0.5, 0.6) is 11.5 Å². The molecule has 0 saturated carbocycles. The quantitative estimate of drug-likeness (QED) is 0.502. The number of hydrazone groups is 1. The number of hydrogen-bond acceptors (Lipinski definition) is 6. The van der Waals surface area contributed by atoms with Gasteiger partial charge in [0.05, 0.1) is 25.3 Å². The van der Waals surface area contributed by atoms with Gasteiger partial charge >= 0.3 is 0 Å². The summed E-state index contributed by atoms with van der Waals surface area (Å²) in [5.41, 5.74) is 2.95. The maximum Gasteiger partial charge on any atom is 0.260 e. The molecule has 0 unspecified atom stereocenters. The third kappa shape index (κ3) is 6.01. The van der Waals surface area contributed by atoms with Crippen molar-refractivity contribution >= 4 is 51.0 Å². The molecule has 1 amide bonds. The number of aromatic hydroxyl groups is 1. The summed E-state index contributed by atoms with van der Waals surface area (Å²) in [5, 5.41) is 13.8. The van der Waals surface area contributed by atoms with E-state index in [4.69, 9.17) is 27.9 Å². The summed E-state index contributed by atoms with van der Waals surface area (Å²) in [6.07, 6.45) is 2.28. The predicted molar refractivity (Wildman–Crippen MR) is 109 cm³/mol. The van der Waals surface area contributed by atoms with Crippen molar-refractivity contribution in [3.05, 3.63) is 52.0 Å². The van der Waals surface area contributed by atoms with Gasteiger partial charge in [0.1, 0.15) is 6.54 Å². The first-order valence-corrected chi connectivity index (χ1v) is 10.3. The lowest BCUT2D eigenvalue weighted by Gasteiger charge is -2.21. The first kappa shape index (κ1) is 21.8. The molecule has 8 nitrogen and oxygen atoms in total. The van der Waals surface area contributed by atoms with E-state index >= 15 is 0 Å². The lowest BCUT2D eigenvalue weighted by atomic mass is 10.2. The number of carbonyl (C=O) groups is 1. The van der Waals surface area contributed by atoms with Crippen molar-refractivity contribution in [2.24, 2.45) is 5.10 Å². The highest BCUT2D eigenvalue weighted by Gasteiger charge is 2.21. The first-order valence-electron chi connectivity index (χ1n) is 7.73. The molecule has 150 valence electrons. The average Bonchev–Trinajstić information content (AvgIpc) is 2.59. The summed E-state index contributed by atoms with van der Waals surface area (Å²) in [7, 11) is -2.38. The van der Waals surface area contributed by atoms with Crippen LogP contribution in [0.25, 0.3) is 0 Å². The van der Waals surface area contributed by atoms with Crippen LogP contribution in [0.2, 0.25) is 10.0 Å². The highest BCUT2D eigenvalue weighted by Crippen LogP contribution is 2.27. The van der Waals surface area contributed by atoms with E-state index in [2.05, 4.69) is 10.5 Å². The maximum atomic E-state index is 12.1. The number of halogens is 2. The van der Waals surface area contributed by atoms with Gasteiger partial charge < -0.3 is 9.84 Å². The molecule has 0 heterocycles. The molecule has 0 bridgehead atoms. The number of anilines is 1. The zero-order chi connectivity index (χ0) is 20.9. The second kappa shape index (κ2) is 9.13. The monoisotopic (exact) mass is 445 g/mol. The molecule has 0 radical (unpaired) electrons. The fourth-order valence-corrected chi connectivity index (χ4v) is 3.56. The van der Waals surface area contributed by atoms with E-state index in [9.17, 15) is 18.3 Å². The minimum atomic E-state index is -3.78. The van der Waals surface area contributed by atoms with E-state index in [-0.39, 0.29) is 27.2 Å². The summed E-state index contributed by atoms with van der Waals surface area (Å²) in [6, 6.07) is 8.70. The fourth-order valence-electron chi connectivity index (χ4n) is 2.20. The first-order chi connectivity index (χ1) is 13.1. The zero-order valence-electron chi connectivity index (χ0n) is 14.9. The van der Waals surface area contributed by atoms with E-state index in [0.717, 1.165) is 10.6 Å². The second-order valence-corrected chi connectivity index (χ2v) is 8.40. The van der Waals surface area contributed by atoms with Gasteiger partial charge in [-0.05, 0) is 42.0 Å². The Morgan fingerprint density at radius 2 is 1.89 bits per heavy atom. The van der Waals surface area contributed by atoms with Crippen LogP contribution in [-0.2, 0) is 14.8 Å². The summed E-state index contributed by atoms with van der Waals surface area (Å²) in [6.45, 7) is -0.522. The molecule has 2 aromatic carbocycles. The minimum Gasteiger partial charge on any atom is -0.504 e. The molecule has 0 aromatic heterocycles. The van der Waals surface area contributed by atoms with Crippen LogP contribution >= 0.6 is 23.2 Å². The molecule has 2 rings (SSSR count). The van der Waals surface area contributed by atoms with E-state index in [1.165, 1.54) is 43.7 Å². The average molecular weight is 446 g/mol. The largest absolute Gasteiger partial charge is 0.504 e. The van der Waals surface area contributed by atoms with Crippen molar-refractivity contribution in [2.75, 3.05) is 24.2 Å². The van der Waals surface area contributed by atoms with Gasteiger partial charge in [0.15, 0.2) is 11.5 Å². The molecule has 28 heavy (non-hydrogen) atoms. The SMILES string of the molecule is COc1cc(/C=N\NC(=O)CN(c2cc(Cl)cc(Cl)c2)S(C)(=O)=O)ccc1O. The van der Waals surface area contributed by atoms with Crippen molar-refractivity contribution in [3.63, 3.8) is 0 Å². The van der Waals surface area contributed by atoms with E-state index < -0.39 is 22.5 Å². The number of amides is 1. The summed E-state index contributed by atoms with van der Waals surface area (Å²) < 4.78 is 30.0. The van der Waals surface area contributed by atoms with E-state index in [1.54, 1.807) is 6.07 Å². The molecule has 0 aliphatic heterocycles. The summed E-state index contributed by atoms with van der Waals surface area (Å²) in [5.74, 6) is -0.465. The number of nitrogens with zero attached hydrogens (tertiary/aromatic N) is 2. The molecule has 0 spiro atoms. The Labute approximate surface area is 172 Å². The van der Waals surface area contributed by atoms with Crippen LogP contribution in [0.15, 0.2) is 41.5 Å². The molecular weight excluding hydrogens is 429 g/mol. The molecule has 0 aliphatic carbocycles.